The molecule has 0 radical (unpaired) electrons. The topological polar surface area (TPSA) is 110 Å². The fourth-order valence-corrected chi connectivity index (χ4v) is 3.20. The molecule has 0 saturated carbocycles. The van der Waals surface area contributed by atoms with Crippen LogP contribution >= 0.6 is 11.8 Å². The van der Waals surface area contributed by atoms with E-state index < -0.39 is 22.5 Å². The van der Waals surface area contributed by atoms with Crippen LogP contribution in [0.15, 0.2) is 14.6 Å². The van der Waals surface area contributed by atoms with Crippen molar-refractivity contribution in [1.82, 2.24) is 19.1 Å². The largest absolute Gasteiger partial charge is 0.549 e. The van der Waals surface area contributed by atoms with Gasteiger partial charge in [-0.25, -0.2) is 14.8 Å². The summed E-state index contributed by atoms with van der Waals surface area (Å²) in [5.41, 5.74) is -0.833. The van der Waals surface area contributed by atoms with Crippen LogP contribution in [0.25, 0.3) is 11.0 Å². The fourth-order valence-electron chi connectivity index (χ4n) is 2.22. The molecule has 0 saturated heterocycles. The van der Waals surface area contributed by atoms with Crippen LogP contribution in [0.2, 0.25) is 0 Å². The molecule has 0 aliphatic heterocycles. The molecule has 0 fully saturated rings. The van der Waals surface area contributed by atoms with Gasteiger partial charge in [0, 0.05) is 20.0 Å². The zero-order valence-electron chi connectivity index (χ0n) is 14.2. The van der Waals surface area contributed by atoms with Gasteiger partial charge in [-0.05, 0) is 6.42 Å². The quantitative estimate of drug-likeness (QED) is 0.540. The Bertz CT molecular complexity index is 916. The first-order valence-electron chi connectivity index (χ1n) is 7.54. The Morgan fingerprint density at radius 3 is 2.33 bits per heavy atom. The van der Waals surface area contributed by atoms with E-state index in [4.69, 9.17) is 0 Å². The van der Waals surface area contributed by atoms with Crippen molar-refractivity contribution in [2.45, 2.75) is 43.4 Å². The second-order valence-corrected chi connectivity index (χ2v) is 6.97. The van der Waals surface area contributed by atoms with Crippen LogP contribution in [-0.4, -0.2) is 30.3 Å². The van der Waals surface area contributed by atoms with Gasteiger partial charge in [-0.3, -0.25) is 13.9 Å². The minimum Gasteiger partial charge on any atom is -0.549 e. The highest BCUT2D eigenvalue weighted by Crippen LogP contribution is 2.29. The molecule has 0 amide bonds. The van der Waals surface area contributed by atoms with Gasteiger partial charge in [0.05, 0.1) is 11.2 Å². The van der Waals surface area contributed by atoms with Crippen molar-refractivity contribution in [2.75, 3.05) is 0 Å². The van der Waals surface area contributed by atoms with Crippen LogP contribution in [0.1, 0.15) is 38.9 Å². The lowest BCUT2D eigenvalue weighted by Crippen LogP contribution is -2.38. The van der Waals surface area contributed by atoms with E-state index >= 15 is 0 Å². The summed E-state index contributed by atoms with van der Waals surface area (Å²) in [5.74, 6) is -0.820. The number of aryl methyl sites for hydroxylation is 1. The molecule has 2 rings (SSSR count). The average molecular weight is 351 g/mol. The van der Waals surface area contributed by atoms with Crippen LogP contribution < -0.4 is 16.4 Å². The number of hydrogen-bond donors (Lipinski definition) is 0. The number of carboxylic acids is 1. The van der Waals surface area contributed by atoms with Crippen LogP contribution in [0.4, 0.5) is 0 Å². The van der Waals surface area contributed by atoms with Crippen molar-refractivity contribution in [2.24, 2.45) is 14.1 Å². The molecular formula is C15H19N4O4S-. The summed E-state index contributed by atoms with van der Waals surface area (Å²) < 4.78 is 2.24. The molecule has 2 heterocycles. The number of thioether (sulfide) groups is 1. The molecule has 0 spiro atoms. The minimum atomic E-state index is -1.22. The van der Waals surface area contributed by atoms with Gasteiger partial charge in [-0.15, -0.1) is 0 Å². The zero-order chi connectivity index (χ0) is 18.2. The molecule has 2 aromatic heterocycles. The summed E-state index contributed by atoms with van der Waals surface area (Å²) in [6.07, 6.45) is 0.321. The molecule has 0 aromatic carbocycles. The Morgan fingerprint density at radius 2 is 1.83 bits per heavy atom. The predicted molar refractivity (Wildman–Crippen MR) is 89.1 cm³/mol. The van der Waals surface area contributed by atoms with Crippen LogP contribution in [-0.2, 0) is 18.9 Å². The number of nitrogens with zero attached hydrogens (tertiary/aromatic N) is 4. The first kappa shape index (κ1) is 18.2. The molecule has 0 unspecified atom stereocenters. The van der Waals surface area contributed by atoms with Gasteiger partial charge in [0.2, 0.25) is 0 Å². The minimum absolute atomic E-state index is 0.0454. The molecule has 24 heavy (non-hydrogen) atoms. The standard InChI is InChI=1S/C15H20N4O4S/c1-6-8(14(21)22)24-12-9-11(16-10(17-12)7(2)3)18(4)15(23)19(5)13(9)20/h7-8H,6H2,1-5H3,(H,21,22)/p-1/t8-/m0/s1. The maximum absolute atomic E-state index is 12.5. The third kappa shape index (κ3) is 3.08. The van der Waals surface area contributed by atoms with Crippen molar-refractivity contribution < 1.29 is 9.90 Å². The number of aliphatic carboxylic acids is 1. The van der Waals surface area contributed by atoms with E-state index in [9.17, 15) is 19.5 Å². The van der Waals surface area contributed by atoms with E-state index in [0.29, 0.717) is 12.2 Å². The van der Waals surface area contributed by atoms with Gasteiger partial charge in [0.1, 0.15) is 16.2 Å². The first-order chi connectivity index (χ1) is 11.2. The Labute approximate surface area is 142 Å². The van der Waals surface area contributed by atoms with Gasteiger partial charge in [0.25, 0.3) is 5.56 Å². The summed E-state index contributed by atoms with van der Waals surface area (Å²) in [7, 11) is 2.89. The number of rotatable bonds is 5. The molecule has 8 nitrogen and oxygen atoms in total. The van der Waals surface area contributed by atoms with Crippen LogP contribution in [0, 0.1) is 0 Å². The molecule has 0 N–H and O–H groups in total. The van der Waals surface area contributed by atoms with Crippen molar-refractivity contribution in [3.8, 4) is 0 Å². The first-order valence-corrected chi connectivity index (χ1v) is 8.42. The number of hydrogen-bond acceptors (Lipinski definition) is 7. The number of fused-ring (bicyclic) bond motifs is 1. The van der Waals surface area contributed by atoms with Gasteiger partial charge in [0.15, 0.2) is 5.65 Å². The van der Waals surface area contributed by atoms with Crippen LogP contribution in [0.3, 0.4) is 0 Å². The molecule has 0 bridgehead atoms. The Kier molecular flexibility index (Phi) is 5.12. The third-order valence-electron chi connectivity index (χ3n) is 3.69. The average Bonchev–Trinajstić information content (AvgIpc) is 2.54. The van der Waals surface area contributed by atoms with Crippen molar-refractivity contribution in [3.05, 3.63) is 26.7 Å². The predicted octanol–water partition coefficient (Wildman–Crippen LogP) is -0.229. The van der Waals surface area contributed by atoms with Crippen LogP contribution in [0.5, 0.6) is 0 Å². The van der Waals surface area contributed by atoms with Crippen molar-refractivity contribution in [1.29, 1.82) is 0 Å². The molecule has 2 aromatic rings. The smallest absolute Gasteiger partial charge is 0.332 e. The maximum Gasteiger partial charge on any atom is 0.332 e. The highest BCUT2D eigenvalue weighted by molar-refractivity contribution is 8.00. The molecule has 9 heteroatoms. The molecule has 130 valence electrons. The van der Waals surface area contributed by atoms with Gasteiger partial charge < -0.3 is 9.90 Å². The van der Waals surface area contributed by atoms with Crippen molar-refractivity contribution >= 4 is 28.8 Å². The van der Waals surface area contributed by atoms with E-state index in [1.165, 1.54) is 18.7 Å². The van der Waals surface area contributed by atoms with Crippen molar-refractivity contribution in [3.63, 3.8) is 0 Å². The lowest BCUT2D eigenvalue weighted by atomic mass is 10.2. The summed E-state index contributed by atoms with van der Waals surface area (Å²) in [6, 6.07) is 0. The molecule has 1 atom stereocenters. The molecule has 0 aliphatic carbocycles. The fraction of sp³-hybridized carbons (Fsp3) is 0.533. The van der Waals surface area contributed by atoms with E-state index in [1.54, 1.807) is 6.92 Å². The number of aromatic nitrogens is 4. The second kappa shape index (κ2) is 6.76. The van der Waals surface area contributed by atoms with E-state index in [1.807, 2.05) is 13.8 Å². The lowest BCUT2D eigenvalue weighted by molar-refractivity contribution is -0.304. The molecular weight excluding hydrogens is 332 g/mol. The summed E-state index contributed by atoms with van der Waals surface area (Å²) in [5, 5.41) is 10.8. The Morgan fingerprint density at radius 1 is 1.21 bits per heavy atom. The summed E-state index contributed by atoms with van der Waals surface area (Å²) >= 11 is 0.953. The SMILES string of the molecule is CC[C@H](Sc1nc(C(C)C)nc2c1c(=O)n(C)c(=O)n2C)C(=O)[O-]. The highest BCUT2D eigenvalue weighted by atomic mass is 32.2. The van der Waals surface area contributed by atoms with Gasteiger partial charge in [-0.1, -0.05) is 32.5 Å². The summed E-state index contributed by atoms with van der Waals surface area (Å²) in [4.78, 5) is 44.6. The normalized spacial score (nSPS) is 12.8. The number of carbonyl (C=O) groups excluding carboxylic acids is 1. The zero-order valence-corrected chi connectivity index (χ0v) is 15.0. The summed E-state index contributed by atoms with van der Waals surface area (Å²) in [6.45, 7) is 5.48. The Hall–Kier alpha value is -2.16. The Balaban J connectivity index is 2.88. The monoisotopic (exact) mass is 351 g/mol. The van der Waals surface area contributed by atoms with E-state index in [2.05, 4.69) is 9.97 Å². The van der Waals surface area contributed by atoms with Gasteiger partial charge >= 0.3 is 5.69 Å². The number of carbonyl (C=O) groups is 1. The molecule has 0 aliphatic rings. The second-order valence-electron chi connectivity index (χ2n) is 5.78. The third-order valence-corrected chi connectivity index (χ3v) is 5.02. The maximum atomic E-state index is 12.5. The lowest BCUT2D eigenvalue weighted by Gasteiger charge is -2.18. The van der Waals surface area contributed by atoms with Gasteiger partial charge in [-0.2, -0.15) is 0 Å². The number of carboxylic acid groups (broad SMARTS) is 1. The highest BCUT2D eigenvalue weighted by Gasteiger charge is 2.21. The van der Waals surface area contributed by atoms with E-state index in [0.717, 1.165) is 16.3 Å². The van der Waals surface area contributed by atoms with E-state index in [-0.39, 0.29) is 22.0 Å².